The van der Waals surface area contributed by atoms with E-state index in [1.54, 1.807) is 0 Å². The van der Waals surface area contributed by atoms with Crippen molar-refractivity contribution >= 4 is 30.1 Å². The number of amides is 2. The fourth-order valence-corrected chi connectivity index (χ4v) is 1.56. The summed E-state index contributed by atoms with van der Waals surface area (Å²) in [7, 11) is 0. The Morgan fingerprint density at radius 1 is 1.32 bits per heavy atom. The monoisotopic (exact) mass is 292 g/mol. The van der Waals surface area contributed by atoms with Crippen LogP contribution in [0.25, 0.3) is 0 Å². The zero-order chi connectivity index (χ0) is 14.6. The zero-order valence-corrected chi connectivity index (χ0v) is 10.7. The molecular formula is C11H11F3N2O2S. The predicted octanol–water partition coefficient (Wildman–Crippen LogP) is 1.48. The Morgan fingerprint density at radius 2 is 1.95 bits per heavy atom. The van der Waals surface area contributed by atoms with Gasteiger partial charge in [0.15, 0.2) is 11.6 Å². The molecule has 1 atom stereocenters. The van der Waals surface area contributed by atoms with Crippen molar-refractivity contribution in [2.24, 2.45) is 0 Å². The molecule has 8 heteroatoms. The molecule has 0 aliphatic rings. The lowest BCUT2D eigenvalue weighted by atomic mass is 10.2. The Morgan fingerprint density at radius 3 is 2.47 bits per heavy atom. The van der Waals surface area contributed by atoms with Crippen LogP contribution in [0.3, 0.4) is 0 Å². The third-order valence-corrected chi connectivity index (χ3v) is 2.49. The van der Waals surface area contributed by atoms with E-state index in [9.17, 15) is 22.8 Å². The van der Waals surface area contributed by atoms with Crippen molar-refractivity contribution in [3.63, 3.8) is 0 Å². The van der Waals surface area contributed by atoms with Crippen LogP contribution in [0.2, 0.25) is 0 Å². The molecule has 4 nitrogen and oxygen atoms in total. The summed E-state index contributed by atoms with van der Waals surface area (Å²) in [6, 6.07) is -0.0410. The maximum Gasteiger partial charge on any atom is 0.247 e. The summed E-state index contributed by atoms with van der Waals surface area (Å²) in [4.78, 5) is 22.5. The highest BCUT2D eigenvalue weighted by Crippen LogP contribution is 2.19. The molecule has 1 unspecified atom stereocenters. The Bertz CT molecular complexity index is 511. The van der Waals surface area contributed by atoms with Gasteiger partial charge in [-0.25, -0.2) is 13.2 Å². The number of halogens is 3. The number of anilines is 1. The van der Waals surface area contributed by atoms with Gasteiger partial charge in [0.2, 0.25) is 11.8 Å². The predicted molar refractivity (Wildman–Crippen MR) is 66.4 cm³/mol. The van der Waals surface area contributed by atoms with E-state index in [-0.39, 0.29) is 5.75 Å². The molecule has 1 rings (SSSR count). The van der Waals surface area contributed by atoms with Gasteiger partial charge < -0.3 is 10.6 Å². The van der Waals surface area contributed by atoms with E-state index >= 15 is 0 Å². The van der Waals surface area contributed by atoms with Gasteiger partial charge in [0.1, 0.15) is 11.9 Å². The van der Waals surface area contributed by atoms with E-state index in [2.05, 4.69) is 17.9 Å². The van der Waals surface area contributed by atoms with Crippen LogP contribution < -0.4 is 10.6 Å². The number of carbonyl (C=O) groups is 2. The Balaban J connectivity index is 2.89. The van der Waals surface area contributed by atoms with E-state index in [0.717, 1.165) is 0 Å². The molecule has 0 bridgehead atoms. The molecule has 0 aliphatic heterocycles. The zero-order valence-electron chi connectivity index (χ0n) is 9.84. The maximum atomic E-state index is 13.3. The summed E-state index contributed by atoms with van der Waals surface area (Å²) in [6.07, 6.45) is 0. The van der Waals surface area contributed by atoms with Crippen LogP contribution >= 0.6 is 12.6 Å². The topological polar surface area (TPSA) is 58.2 Å². The molecule has 2 N–H and O–H groups in total. The molecule has 0 heterocycles. The molecule has 0 saturated heterocycles. The van der Waals surface area contributed by atoms with Crippen LogP contribution in [0.1, 0.15) is 6.92 Å². The molecule has 0 radical (unpaired) electrons. The minimum atomic E-state index is -1.42. The molecule has 0 saturated carbocycles. The van der Waals surface area contributed by atoms with Gasteiger partial charge in [-0.2, -0.15) is 12.6 Å². The van der Waals surface area contributed by atoms with Crippen molar-refractivity contribution in [1.29, 1.82) is 0 Å². The third-order valence-electron chi connectivity index (χ3n) is 2.13. The second kappa shape index (κ2) is 6.46. The molecule has 0 fully saturated rings. The number of thiol groups is 1. The number of hydrogen-bond donors (Lipinski definition) is 3. The Labute approximate surface area is 112 Å². The first kappa shape index (κ1) is 15.4. The van der Waals surface area contributed by atoms with Gasteiger partial charge in [0.25, 0.3) is 0 Å². The molecule has 0 spiro atoms. The molecule has 0 aliphatic carbocycles. The summed E-state index contributed by atoms with van der Waals surface area (Å²) in [6.45, 7) is 1.19. The first-order valence-corrected chi connectivity index (χ1v) is 5.81. The highest BCUT2D eigenvalue weighted by atomic mass is 32.1. The van der Waals surface area contributed by atoms with Crippen LogP contribution in [0.5, 0.6) is 0 Å². The average molecular weight is 292 g/mol. The molecule has 1 aromatic rings. The van der Waals surface area contributed by atoms with Crippen molar-refractivity contribution in [2.45, 2.75) is 13.0 Å². The molecule has 0 aromatic heterocycles. The van der Waals surface area contributed by atoms with Gasteiger partial charge in [0, 0.05) is 24.8 Å². The highest BCUT2D eigenvalue weighted by molar-refractivity contribution is 7.80. The summed E-state index contributed by atoms with van der Waals surface area (Å²) < 4.78 is 39.2. The lowest BCUT2D eigenvalue weighted by Gasteiger charge is -2.15. The molecule has 1 aromatic carbocycles. The summed E-state index contributed by atoms with van der Waals surface area (Å²) in [5.41, 5.74) is -0.639. The van der Waals surface area contributed by atoms with Crippen molar-refractivity contribution in [2.75, 3.05) is 11.1 Å². The number of hydrogen-bond acceptors (Lipinski definition) is 3. The van der Waals surface area contributed by atoms with Crippen molar-refractivity contribution in [3.05, 3.63) is 29.6 Å². The normalized spacial score (nSPS) is 11.8. The number of rotatable bonds is 4. The standard InChI is InChI=1S/C11H11F3N2O2S/c1-5(17)15-9(4-19)11(18)16-8-3-6(12)2-7(13)10(8)14/h2-3,9,19H,4H2,1H3,(H,15,17)(H,16,18). The fourth-order valence-electron chi connectivity index (χ4n) is 1.31. The number of benzene rings is 1. The molecular weight excluding hydrogens is 281 g/mol. The highest BCUT2D eigenvalue weighted by Gasteiger charge is 2.20. The van der Waals surface area contributed by atoms with Crippen LogP contribution in [0, 0.1) is 17.5 Å². The van der Waals surface area contributed by atoms with Gasteiger partial charge >= 0.3 is 0 Å². The molecule has 2 amide bonds. The average Bonchev–Trinajstić information content (AvgIpc) is 2.31. The molecule has 104 valence electrons. The lowest BCUT2D eigenvalue weighted by Crippen LogP contribution is -2.44. The first-order valence-electron chi connectivity index (χ1n) is 5.18. The second-order valence-corrected chi connectivity index (χ2v) is 4.04. The smallest absolute Gasteiger partial charge is 0.247 e. The first-order chi connectivity index (χ1) is 8.85. The fraction of sp³-hybridized carbons (Fsp3) is 0.273. The van der Waals surface area contributed by atoms with Crippen LogP contribution in [-0.2, 0) is 9.59 Å². The van der Waals surface area contributed by atoms with E-state index in [4.69, 9.17) is 0 Å². The third kappa shape index (κ3) is 4.16. The van der Waals surface area contributed by atoms with Gasteiger partial charge in [-0.1, -0.05) is 0 Å². The maximum absolute atomic E-state index is 13.3. The lowest BCUT2D eigenvalue weighted by molar-refractivity contribution is -0.124. The summed E-state index contributed by atoms with van der Waals surface area (Å²) in [5.74, 6) is -5.19. The summed E-state index contributed by atoms with van der Waals surface area (Å²) >= 11 is 3.85. The van der Waals surface area contributed by atoms with Crippen LogP contribution in [0.15, 0.2) is 12.1 Å². The van der Waals surface area contributed by atoms with Crippen LogP contribution in [0.4, 0.5) is 18.9 Å². The number of nitrogens with one attached hydrogen (secondary N) is 2. The molecule has 19 heavy (non-hydrogen) atoms. The largest absolute Gasteiger partial charge is 0.344 e. The van der Waals surface area contributed by atoms with Gasteiger partial charge in [-0.15, -0.1) is 0 Å². The summed E-state index contributed by atoms with van der Waals surface area (Å²) in [5, 5.41) is 4.25. The minimum absolute atomic E-state index is 0.0508. The SMILES string of the molecule is CC(=O)NC(CS)C(=O)Nc1cc(F)cc(F)c1F. The van der Waals surface area contributed by atoms with Crippen LogP contribution in [-0.4, -0.2) is 23.6 Å². The quantitative estimate of drug-likeness (QED) is 0.581. The van der Waals surface area contributed by atoms with Gasteiger partial charge in [-0.3, -0.25) is 9.59 Å². The van der Waals surface area contributed by atoms with Gasteiger partial charge in [0.05, 0.1) is 5.69 Å². The van der Waals surface area contributed by atoms with Crippen molar-refractivity contribution in [3.8, 4) is 0 Å². The van der Waals surface area contributed by atoms with E-state index in [0.29, 0.717) is 12.1 Å². The Kier molecular flexibility index (Phi) is 5.22. The van der Waals surface area contributed by atoms with Crippen molar-refractivity contribution < 1.29 is 22.8 Å². The van der Waals surface area contributed by atoms with Gasteiger partial charge in [-0.05, 0) is 0 Å². The Hall–Kier alpha value is -1.70. The van der Waals surface area contributed by atoms with E-state index in [1.165, 1.54) is 6.92 Å². The second-order valence-electron chi connectivity index (χ2n) is 3.67. The van der Waals surface area contributed by atoms with E-state index < -0.39 is 41.0 Å². The van der Waals surface area contributed by atoms with Crippen molar-refractivity contribution in [1.82, 2.24) is 5.32 Å². The van der Waals surface area contributed by atoms with E-state index in [1.807, 2.05) is 5.32 Å². The number of carbonyl (C=O) groups excluding carboxylic acids is 2. The minimum Gasteiger partial charge on any atom is -0.344 e.